The van der Waals surface area contributed by atoms with Gasteiger partial charge in [0, 0.05) is 12.8 Å². The second-order valence-corrected chi connectivity index (χ2v) is 17.3. The molecule has 3 atom stereocenters. The minimum atomic E-state index is -4.42. The van der Waals surface area contributed by atoms with Gasteiger partial charge >= 0.3 is 19.8 Å². The van der Waals surface area contributed by atoms with Crippen molar-refractivity contribution in [3.63, 3.8) is 0 Å². The van der Waals surface area contributed by atoms with Gasteiger partial charge in [0.2, 0.25) is 0 Å². The lowest BCUT2D eigenvalue weighted by Crippen LogP contribution is -2.37. The smallest absolute Gasteiger partial charge is 0.462 e. The molecule has 0 aliphatic heterocycles. The third-order valence-corrected chi connectivity index (χ3v) is 9.83. The highest BCUT2D eigenvalue weighted by Crippen LogP contribution is 2.43. The van der Waals surface area contributed by atoms with Crippen molar-refractivity contribution in [3.05, 3.63) is 109 Å². The number of rotatable bonds is 39. The maximum atomic E-state index is 12.7. The molecule has 0 aromatic heterocycles. The summed E-state index contributed by atoms with van der Waals surface area (Å²) in [6.07, 6.45) is 52.1. The zero-order chi connectivity index (χ0) is 45.1. The van der Waals surface area contributed by atoms with Crippen molar-refractivity contribution in [1.82, 2.24) is 0 Å². The molecule has 10 nitrogen and oxygen atoms in total. The number of likely N-dealkylation sites (N-methyl/N-ethyl adjacent to an activating group) is 1. The summed E-state index contributed by atoms with van der Waals surface area (Å²) in [4.78, 5) is 35.4. The number of esters is 2. The molecule has 11 heteroatoms. The number of ether oxygens (including phenoxy) is 2. The lowest BCUT2D eigenvalue weighted by Gasteiger charge is -2.24. The van der Waals surface area contributed by atoms with Crippen LogP contribution >= 0.6 is 7.82 Å². The molecule has 2 unspecified atom stereocenters. The molecular formula is C50H83NO9P+. The van der Waals surface area contributed by atoms with Gasteiger partial charge in [-0.25, -0.2) is 4.57 Å². The number of hydrogen-bond donors (Lipinski definition) is 2. The predicted octanol–water partition coefficient (Wildman–Crippen LogP) is 12.1. The van der Waals surface area contributed by atoms with Crippen molar-refractivity contribution in [2.24, 2.45) is 0 Å². The van der Waals surface area contributed by atoms with E-state index in [0.29, 0.717) is 36.7 Å². The summed E-state index contributed by atoms with van der Waals surface area (Å²) < 4.78 is 34.2. The standard InChI is InChI=1S/C50H82NO9P/c1-6-8-9-10-11-12-13-14-15-16-17-18-19-22-26-29-32-35-38-42-50(54)60-48(46-59-61(55,56)58-44-43-51(3,4)5)45-57-49(53)41-37-34-31-28-25-23-20-21-24-27-30-33-36-40-47(52)39-7-2/h8-9,11-12,14-15,17-18,20,22-24,26-28,31,33,36,47-48,52H,6-7,10,13,16,19,21,25,29-30,32,34-35,37-46H2,1-5H3/p+1/b9-8-,12-11-,15-14-,18-17-,23-20-,26-22-,27-24-,31-28-,36-33-/t47?,48-/m1/s1. The van der Waals surface area contributed by atoms with Crippen LogP contribution in [0.25, 0.3) is 0 Å². The number of aliphatic hydroxyl groups excluding tert-OH is 1. The van der Waals surface area contributed by atoms with E-state index in [1.165, 1.54) is 0 Å². The highest BCUT2D eigenvalue weighted by atomic mass is 31.2. The maximum absolute atomic E-state index is 12.7. The second-order valence-electron chi connectivity index (χ2n) is 15.9. The van der Waals surface area contributed by atoms with Gasteiger partial charge in [0.25, 0.3) is 0 Å². The number of carbonyl (C=O) groups is 2. The average molecular weight is 873 g/mol. The molecule has 0 rings (SSSR count). The van der Waals surface area contributed by atoms with E-state index in [1.54, 1.807) is 0 Å². The van der Waals surface area contributed by atoms with Crippen LogP contribution in [0.1, 0.15) is 136 Å². The fraction of sp³-hybridized carbons (Fsp3) is 0.600. The van der Waals surface area contributed by atoms with Crippen LogP contribution in [0, 0.1) is 0 Å². The fourth-order valence-corrected chi connectivity index (χ4v) is 6.08. The van der Waals surface area contributed by atoms with Crippen LogP contribution in [0.15, 0.2) is 109 Å². The number of hydrogen-bond acceptors (Lipinski definition) is 8. The van der Waals surface area contributed by atoms with Crippen LogP contribution in [0.4, 0.5) is 0 Å². The van der Waals surface area contributed by atoms with Gasteiger partial charge in [-0.15, -0.1) is 0 Å². The Kier molecular flexibility index (Phi) is 38.4. The van der Waals surface area contributed by atoms with E-state index in [2.05, 4.69) is 111 Å². The lowest BCUT2D eigenvalue weighted by molar-refractivity contribution is -0.870. The van der Waals surface area contributed by atoms with E-state index >= 15 is 0 Å². The van der Waals surface area contributed by atoms with Crippen LogP contribution in [-0.2, 0) is 32.7 Å². The summed E-state index contributed by atoms with van der Waals surface area (Å²) in [7, 11) is 1.38. The Morgan fingerprint density at radius 3 is 1.57 bits per heavy atom. The first-order chi connectivity index (χ1) is 29.4. The fourth-order valence-electron chi connectivity index (χ4n) is 5.34. The molecule has 0 saturated heterocycles. The molecule has 61 heavy (non-hydrogen) atoms. The monoisotopic (exact) mass is 873 g/mol. The van der Waals surface area contributed by atoms with Crippen LogP contribution < -0.4 is 0 Å². The molecule has 0 bridgehead atoms. The molecule has 0 aromatic carbocycles. The Labute approximate surface area is 370 Å². The van der Waals surface area contributed by atoms with Crippen LogP contribution in [0.2, 0.25) is 0 Å². The molecular weight excluding hydrogens is 790 g/mol. The van der Waals surface area contributed by atoms with Gasteiger partial charge in [-0.3, -0.25) is 18.6 Å². The van der Waals surface area contributed by atoms with Gasteiger partial charge in [0.15, 0.2) is 6.10 Å². The summed E-state index contributed by atoms with van der Waals surface area (Å²) >= 11 is 0. The molecule has 0 aliphatic rings. The first-order valence-corrected chi connectivity index (χ1v) is 24.2. The van der Waals surface area contributed by atoms with E-state index in [4.69, 9.17) is 18.5 Å². The molecule has 0 aromatic rings. The Balaban J connectivity index is 4.55. The van der Waals surface area contributed by atoms with Crippen molar-refractivity contribution in [2.45, 2.75) is 148 Å². The third kappa shape index (κ3) is 44.5. The second kappa shape index (κ2) is 40.7. The SMILES string of the molecule is CC/C=C\C/C=C\C/C=C\C/C=C\C/C=C\CCCCCC(=O)O[C@H](COC(=O)CCC/C=C\C/C=C\C/C=C\C/C=C\CC(O)CCC)COP(=O)(O)OCC[N+](C)(C)C. The average Bonchev–Trinajstić information content (AvgIpc) is 3.20. The molecule has 0 amide bonds. The number of aliphatic hydroxyl groups is 1. The molecule has 0 aliphatic carbocycles. The molecule has 0 fully saturated rings. The number of unbranched alkanes of at least 4 members (excludes halogenated alkanes) is 4. The molecule has 0 saturated carbocycles. The number of nitrogens with zero attached hydrogens (tertiary/aromatic N) is 1. The lowest BCUT2D eigenvalue weighted by atomic mass is 10.1. The number of phosphoric ester groups is 1. The zero-order valence-corrected chi connectivity index (χ0v) is 39.4. The van der Waals surface area contributed by atoms with E-state index in [-0.39, 0.29) is 32.2 Å². The summed E-state index contributed by atoms with van der Waals surface area (Å²) in [6, 6.07) is 0. The first kappa shape index (κ1) is 57.6. The quantitative estimate of drug-likeness (QED) is 0.0204. The van der Waals surface area contributed by atoms with Gasteiger partial charge in [0.05, 0.1) is 33.9 Å². The van der Waals surface area contributed by atoms with Gasteiger partial charge < -0.3 is 24.0 Å². The predicted molar refractivity (Wildman–Crippen MR) is 253 cm³/mol. The van der Waals surface area contributed by atoms with Crippen molar-refractivity contribution in [1.29, 1.82) is 0 Å². The van der Waals surface area contributed by atoms with E-state index in [1.807, 2.05) is 33.3 Å². The van der Waals surface area contributed by atoms with E-state index < -0.39 is 32.5 Å². The maximum Gasteiger partial charge on any atom is 0.472 e. The Morgan fingerprint density at radius 1 is 0.590 bits per heavy atom. The molecule has 0 heterocycles. The third-order valence-electron chi connectivity index (χ3n) is 8.84. The Bertz CT molecular complexity index is 1420. The first-order valence-electron chi connectivity index (χ1n) is 22.7. The molecule has 0 radical (unpaired) electrons. The summed E-state index contributed by atoms with van der Waals surface area (Å²) in [5.41, 5.74) is 0. The van der Waals surface area contributed by atoms with Crippen LogP contribution in [0.3, 0.4) is 0 Å². The van der Waals surface area contributed by atoms with Crippen molar-refractivity contribution < 1.29 is 47.2 Å². The minimum absolute atomic E-state index is 0.00331. The van der Waals surface area contributed by atoms with Gasteiger partial charge in [-0.05, 0) is 96.3 Å². The van der Waals surface area contributed by atoms with Crippen molar-refractivity contribution in [3.8, 4) is 0 Å². The molecule has 346 valence electrons. The Morgan fingerprint density at radius 2 is 1.07 bits per heavy atom. The highest BCUT2D eigenvalue weighted by Gasteiger charge is 2.27. The van der Waals surface area contributed by atoms with Gasteiger partial charge in [-0.2, -0.15) is 0 Å². The van der Waals surface area contributed by atoms with E-state index in [9.17, 15) is 24.2 Å². The summed E-state index contributed by atoms with van der Waals surface area (Å²) in [5, 5.41) is 9.74. The van der Waals surface area contributed by atoms with E-state index in [0.717, 1.165) is 83.5 Å². The highest BCUT2D eigenvalue weighted by molar-refractivity contribution is 7.47. The topological polar surface area (TPSA) is 129 Å². The largest absolute Gasteiger partial charge is 0.472 e. The zero-order valence-electron chi connectivity index (χ0n) is 38.5. The molecule has 2 N–H and O–H groups in total. The van der Waals surface area contributed by atoms with Crippen LogP contribution in [0.5, 0.6) is 0 Å². The summed E-state index contributed by atoms with van der Waals surface area (Å²) in [5.74, 6) is -0.935. The normalized spacial score (nSPS) is 15.1. The van der Waals surface area contributed by atoms with Crippen LogP contribution in [-0.4, -0.2) is 86.1 Å². The Hall–Kier alpha value is -3.37. The number of carbonyl (C=O) groups excluding carboxylic acids is 2. The van der Waals surface area contributed by atoms with Gasteiger partial charge in [-0.1, -0.05) is 136 Å². The number of quaternary nitrogens is 1. The summed E-state index contributed by atoms with van der Waals surface area (Å²) in [6.45, 7) is 3.96. The number of phosphoric acid groups is 1. The van der Waals surface area contributed by atoms with Crippen molar-refractivity contribution in [2.75, 3.05) is 47.5 Å². The van der Waals surface area contributed by atoms with Gasteiger partial charge in [0.1, 0.15) is 19.8 Å². The molecule has 0 spiro atoms. The minimum Gasteiger partial charge on any atom is -0.462 e. The number of allylic oxidation sites excluding steroid dienone is 17. The van der Waals surface area contributed by atoms with Crippen molar-refractivity contribution >= 4 is 19.8 Å².